The molecule has 2 unspecified atom stereocenters. The minimum absolute atomic E-state index is 0.522. The molecule has 0 saturated carbocycles. The summed E-state index contributed by atoms with van der Waals surface area (Å²) in [5.74, 6) is 1.04. The van der Waals surface area contributed by atoms with Crippen molar-refractivity contribution in [3.05, 3.63) is 95.1 Å². The fourth-order valence-corrected chi connectivity index (χ4v) is 3.86. The molecule has 0 heteroatoms. The summed E-state index contributed by atoms with van der Waals surface area (Å²) >= 11 is 0. The summed E-state index contributed by atoms with van der Waals surface area (Å²) in [5, 5.41) is 0. The molecular formula is C23H22. The van der Waals surface area contributed by atoms with Crippen LogP contribution in [0.25, 0.3) is 11.1 Å². The summed E-state index contributed by atoms with van der Waals surface area (Å²) in [6.45, 7) is 4.31. The second kappa shape index (κ2) is 5.70. The fourth-order valence-electron chi connectivity index (χ4n) is 3.86. The van der Waals surface area contributed by atoms with Crippen molar-refractivity contribution >= 4 is 11.1 Å². The molecule has 0 saturated heterocycles. The van der Waals surface area contributed by atoms with E-state index < -0.39 is 0 Å². The van der Waals surface area contributed by atoms with Crippen molar-refractivity contribution in [2.24, 2.45) is 11.8 Å². The van der Waals surface area contributed by atoms with Crippen molar-refractivity contribution in [3.8, 4) is 0 Å². The van der Waals surface area contributed by atoms with E-state index in [0.717, 1.165) is 0 Å². The van der Waals surface area contributed by atoms with Crippen molar-refractivity contribution in [1.29, 1.82) is 0 Å². The molecule has 0 aromatic heterocycles. The van der Waals surface area contributed by atoms with E-state index in [0.29, 0.717) is 11.8 Å². The van der Waals surface area contributed by atoms with Crippen LogP contribution in [-0.4, -0.2) is 0 Å². The van der Waals surface area contributed by atoms with Crippen LogP contribution < -0.4 is 0 Å². The number of fused-ring (bicyclic) bond motifs is 2. The highest BCUT2D eigenvalue weighted by atomic mass is 14.4. The molecule has 0 spiro atoms. The number of rotatable bonds is 2. The zero-order chi connectivity index (χ0) is 15.8. The lowest BCUT2D eigenvalue weighted by Crippen LogP contribution is -1.96. The Morgan fingerprint density at radius 2 is 1.00 bits per heavy atom. The Morgan fingerprint density at radius 1 is 0.609 bits per heavy atom. The monoisotopic (exact) mass is 298 g/mol. The average molecular weight is 298 g/mol. The maximum Gasteiger partial charge on any atom is 0.00390 e. The van der Waals surface area contributed by atoms with Crippen LogP contribution in [0.1, 0.15) is 28.7 Å². The van der Waals surface area contributed by atoms with Crippen molar-refractivity contribution in [3.63, 3.8) is 0 Å². The Bertz CT molecular complexity index is 729. The van der Waals surface area contributed by atoms with Crippen LogP contribution in [0, 0.1) is 25.7 Å². The van der Waals surface area contributed by atoms with Gasteiger partial charge in [0.15, 0.2) is 0 Å². The van der Waals surface area contributed by atoms with Crippen molar-refractivity contribution < 1.29 is 0 Å². The summed E-state index contributed by atoms with van der Waals surface area (Å²) < 4.78 is 0. The van der Waals surface area contributed by atoms with Gasteiger partial charge < -0.3 is 0 Å². The quantitative estimate of drug-likeness (QED) is 0.640. The van der Waals surface area contributed by atoms with E-state index in [-0.39, 0.29) is 0 Å². The molecule has 2 aliphatic rings. The molecule has 0 N–H and O–H groups in total. The molecule has 2 aromatic rings. The minimum atomic E-state index is 0.522. The van der Waals surface area contributed by atoms with Crippen molar-refractivity contribution in [2.45, 2.75) is 20.3 Å². The first-order chi connectivity index (χ1) is 11.2. The first-order valence-corrected chi connectivity index (χ1v) is 8.45. The predicted molar refractivity (Wildman–Crippen MR) is 99.0 cm³/mol. The smallest absolute Gasteiger partial charge is 0.00390 e. The maximum absolute atomic E-state index is 2.37. The van der Waals surface area contributed by atoms with Gasteiger partial charge in [0, 0.05) is 11.8 Å². The summed E-state index contributed by atoms with van der Waals surface area (Å²) in [7, 11) is 0. The minimum Gasteiger partial charge on any atom is -0.0770 e. The van der Waals surface area contributed by atoms with E-state index in [1.165, 1.54) is 39.8 Å². The SMILES string of the molecule is Cc1ccc(C2=C(c3ccc(C)cc3)C3C=CC=CC2C3)cc1. The Hall–Kier alpha value is -2.34. The van der Waals surface area contributed by atoms with Gasteiger partial charge in [-0.25, -0.2) is 0 Å². The van der Waals surface area contributed by atoms with Crippen LogP contribution in [0.15, 0.2) is 72.8 Å². The van der Waals surface area contributed by atoms with Gasteiger partial charge in [0.05, 0.1) is 0 Å². The Balaban J connectivity index is 1.92. The highest BCUT2D eigenvalue weighted by Crippen LogP contribution is 2.49. The number of aryl methyl sites for hydroxylation is 2. The van der Waals surface area contributed by atoms with Gasteiger partial charge in [-0.1, -0.05) is 84.0 Å². The first-order valence-electron chi connectivity index (χ1n) is 8.45. The van der Waals surface area contributed by atoms with Gasteiger partial charge in [0.2, 0.25) is 0 Å². The molecule has 0 nitrogen and oxygen atoms in total. The van der Waals surface area contributed by atoms with Gasteiger partial charge in [-0.15, -0.1) is 0 Å². The van der Waals surface area contributed by atoms with Crippen LogP contribution >= 0.6 is 0 Å². The third-order valence-electron chi connectivity index (χ3n) is 5.06. The lowest BCUT2D eigenvalue weighted by Gasteiger charge is -2.16. The predicted octanol–water partition coefficient (Wildman–Crippen LogP) is 5.98. The second-order valence-corrected chi connectivity index (χ2v) is 6.78. The molecule has 2 aliphatic carbocycles. The molecule has 0 heterocycles. The van der Waals surface area contributed by atoms with E-state index in [1.54, 1.807) is 0 Å². The molecule has 114 valence electrons. The van der Waals surface area contributed by atoms with Crippen LogP contribution in [-0.2, 0) is 0 Å². The largest absolute Gasteiger partial charge is 0.0770 e. The van der Waals surface area contributed by atoms with Gasteiger partial charge in [-0.05, 0) is 42.5 Å². The molecule has 0 fully saturated rings. The summed E-state index contributed by atoms with van der Waals surface area (Å²) in [6, 6.07) is 18.0. The molecule has 23 heavy (non-hydrogen) atoms. The van der Waals surface area contributed by atoms with E-state index >= 15 is 0 Å². The molecule has 4 rings (SSSR count). The highest BCUT2D eigenvalue weighted by molar-refractivity contribution is 5.96. The number of allylic oxidation sites excluding steroid dienone is 6. The van der Waals surface area contributed by atoms with Crippen LogP contribution in [0.3, 0.4) is 0 Å². The maximum atomic E-state index is 2.37. The first kappa shape index (κ1) is 14.3. The fraction of sp³-hybridized carbons (Fsp3) is 0.217. The summed E-state index contributed by atoms with van der Waals surface area (Å²) in [6.07, 6.45) is 10.4. The van der Waals surface area contributed by atoms with Gasteiger partial charge in [-0.2, -0.15) is 0 Å². The van der Waals surface area contributed by atoms with E-state index in [9.17, 15) is 0 Å². The Kier molecular flexibility index (Phi) is 3.53. The Labute approximate surface area is 138 Å². The van der Waals surface area contributed by atoms with Gasteiger partial charge in [-0.3, -0.25) is 0 Å². The summed E-state index contributed by atoms with van der Waals surface area (Å²) in [5.41, 5.74) is 8.41. The van der Waals surface area contributed by atoms with E-state index in [1.807, 2.05) is 0 Å². The third-order valence-corrected chi connectivity index (χ3v) is 5.06. The van der Waals surface area contributed by atoms with Gasteiger partial charge in [0.25, 0.3) is 0 Å². The van der Waals surface area contributed by atoms with Crippen LogP contribution in [0.2, 0.25) is 0 Å². The molecule has 2 aromatic carbocycles. The zero-order valence-corrected chi connectivity index (χ0v) is 13.8. The van der Waals surface area contributed by atoms with Crippen molar-refractivity contribution in [1.82, 2.24) is 0 Å². The number of benzene rings is 2. The van der Waals surface area contributed by atoms with Gasteiger partial charge >= 0.3 is 0 Å². The summed E-state index contributed by atoms with van der Waals surface area (Å²) in [4.78, 5) is 0. The normalized spacial score (nSPS) is 22.5. The lowest BCUT2D eigenvalue weighted by atomic mass is 9.89. The van der Waals surface area contributed by atoms with Crippen LogP contribution in [0.4, 0.5) is 0 Å². The second-order valence-electron chi connectivity index (χ2n) is 6.78. The van der Waals surface area contributed by atoms with E-state index in [2.05, 4.69) is 86.7 Å². The van der Waals surface area contributed by atoms with E-state index in [4.69, 9.17) is 0 Å². The van der Waals surface area contributed by atoms with Crippen LogP contribution in [0.5, 0.6) is 0 Å². The topological polar surface area (TPSA) is 0 Å². The number of hydrogen-bond donors (Lipinski definition) is 0. The third kappa shape index (κ3) is 2.59. The van der Waals surface area contributed by atoms with Crippen molar-refractivity contribution in [2.75, 3.05) is 0 Å². The molecule has 2 bridgehead atoms. The standard InChI is InChI=1S/C23H22/c1-16-7-11-18(12-8-16)22-20-5-3-4-6-21(15-20)23(22)19-13-9-17(2)10-14-19/h3-14,20-21H,15H2,1-2H3. The molecule has 0 aliphatic heterocycles. The number of hydrogen-bond acceptors (Lipinski definition) is 0. The molecule has 0 radical (unpaired) electrons. The van der Waals surface area contributed by atoms with Gasteiger partial charge in [0.1, 0.15) is 0 Å². The molecule has 2 atom stereocenters. The Morgan fingerprint density at radius 3 is 1.39 bits per heavy atom. The lowest BCUT2D eigenvalue weighted by molar-refractivity contribution is 0.697. The molecule has 0 amide bonds. The average Bonchev–Trinajstić information content (AvgIpc) is 2.74. The molecular weight excluding hydrogens is 276 g/mol. The zero-order valence-electron chi connectivity index (χ0n) is 13.8. The highest BCUT2D eigenvalue weighted by Gasteiger charge is 2.33.